The van der Waals surface area contributed by atoms with Gasteiger partial charge in [0.25, 0.3) is 0 Å². The van der Waals surface area contributed by atoms with Crippen LogP contribution in [0.1, 0.15) is 43.7 Å². The monoisotopic (exact) mass is 417 g/mol. The van der Waals surface area contributed by atoms with Gasteiger partial charge in [0.1, 0.15) is 5.84 Å². The van der Waals surface area contributed by atoms with Gasteiger partial charge in [0, 0.05) is 49.2 Å². The van der Waals surface area contributed by atoms with E-state index in [1.165, 1.54) is 0 Å². The summed E-state index contributed by atoms with van der Waals surface area (Å²) in [5, 5.41) is 3.43. The van der Waals surface area contributed by atoms with Crippen molar-refractivity contribution in [2.75, 3.05) is 32.1 Å². The summed E-state index contributed by atoms with van der Waals surface area (Å²) in [6.45, 7) is 2.75. The average Bonchev–Trinajstić information content (AvgIpc) is 3.53. The van der Waals surface area contributed by atoms with Crippen LogP contribution < -0.4 is 5.32 Å². The summed E-state index contributed by atoms with van der Waals surface area (Å²) >= 11 is 0. The molecule has 6 bridgehead atoms. The molecule has 31 heavy (non-hydrogen) atoms. The van der Waals surface area contributed by atoms with Gasteiger partial charge < -0.3 is 15.0 Å². The van der Waals surface area contributed by atoms with Gasteiger partial charge in [-0.2, -0.15) is 0 Å². The minimum absolute atomic E-state index is 0.185. The average molecular weight is 418 g/mol. The van der Waals surface area contributed by atoms with Crippen LogP contribution in [0.5, 0.6) is 0 Å². The standard InChI is InChI=1S/C25H31N5O/c1-30-14-6-2-3-7-15-31-20-9-5-4-8-19(16-20)22-10-12-27-24(28-22)29-23-21-17-25(21,18-30)11-13-26-23/h2,4,6,8-13,19,21H,3,5,7,14-18H2,1H3,(H,26,27,28,29)/b6-2+. The summed E-state index contributed by atoms with van der Waals surface area (Å²) in [5.41, 5.74) is 1.20. The van der Waals surface area contributed by atoms with Crippen molar-refractivity contribution >= 4 is 11.8 Å². The third kappa shape index (κ3) is 4.64. The Hall–Kier alpha value is -2.73. The first-order valence-electron chi connectivity index (χ1n) is 11.4. The molecule has 2 aliphatic carbocycles. The van der Waals surface area contributed by atoms with Gasteiger partial charge in [-0.25, -0.2) is 15.0 Å². The van der Waals surface area contributed by atoms with Crippen molar-refractivity contribution in [2.24, 2.45) is 16.3 Å². The molecule has 4 aliphatic rings. The number of nitrogens with one attached hydrogen (secondary N) is 1. The zero-order chi connectivity index (χ0) is 21.1. The molecule has 3 atom stereocenters. The summed E-state index contributed by atoms with van der Waals surface area (Å²) in [5.74, 6) is 3.29. The lowest BCUT2D eigenvalue weighted by molar-refractivity contribution is 0.196. The molecular weight excluding hydrogens is 386 g/mol. The maximum absolute atomic E-state index is 6.12. The highest BCUT2D eigenvalue weighted by molar-refractivity contribution is 5.99. The number of likely N-dealkylation sites (N-methyl/N-ethyl adjacent to an activating group) is 1. The molecule has 1 aromatic rings. The Kier molecular flexibility index (Phi) is 5.72. The van der Waals surface area contributed by atoms with Gasteiger partial charge in [0.05, 0.1) is 18.1 Å². The molecule has 3 unspecified atom stereocenters. The number of hydrogen-bond acceptors (Lipinski definition) is 6. The molecular formula is C25H31N5O. The Morgan fingerprint density at radius 1 is 1.26 bits per heavy atom. The van der Waals surface area contributed by atoms with Crippen molar-refractivity contribution in [3.63, 3.8) is 0 Å². The lowest BCUT2D eigenvalue weighted by Gasteiger charge is -2.23. The lowest BCUT2D eigenvalue weighted by Crippen LogP contribution is -2.31. The largest absolute Gasteiger partial charge is 0.498 e. The zero-order valence-corrected chi connectivity index (χ0v) is 18.2. The topological polar surface area (TPSA) is 62.6 Å². The number of anilines is 1. The number of hydrogen-bond donors (Lipinski definition) is 1. The second kappa shape index (κ2) is 8.79. The van der Waals surface area contributed by atoms with E-state index in [-0.39, 0.29) is 11.3 Å². The molecule has 1 aromatic heterocycles. The first-order valence-corrected chi connectivity index (χ1v) is 11.4. The van der Waals surface area contributed by atoms with E-state index in [9.17, 15) is 0 Å². The number of nitrogens with zero attached hydrogens (tertiary/aromatic N) is 4. The zero-order valence-electron chi connectivity index (χ0n) is 18.2. The van der Waals surface area contributed by atoms with E-state index in [0.29, 0.717) is 11.9 Å². The molecule has 0 radical (unpaired) electrons. The molecule has 162 valence electrons. The van der Waals surface area contributed by atoms with E-state index >= 15 is 0 Å². The number of fused-ring (bicyclic) bond motifs is 5. The molecule has 3 heterocycles. The minimum Gasteiger partial charge on any atom is -0.498 e. The fraction of sp³-hybridized carbons (Fsp3) is 0.480. The van der Waals surface area contributed by atoms with Crippen molar-refractivity contribution < 1.29 is 4.74 Å². The Bertz CT molecular complexity index is 962. The smallest absolute Gasteiger partial charge is 0.228 e. The van der Waals surface area contributed by atoms with Crippen LogP contribution in [0.25, 0.3) is 0 Å². The van der Waals surface area contributed by atoms with Crippen molar-refractivity contribution in [1.29, 1.82) is 0 Å². The van der Waals surface area contributed by atoms with Crippen LogP contribution in [0.2, 0.25) is 0 Å². The maximum Gasteiger partial charge on any atom is 0.228 e. The van der Waals surface area contributed by atoms with Gasteiger partial charge in [-0.3, -0.25) is 0 Å². The van der Waals surface area contributed by atoms with Crippen molar-refractivity contribution in [3.05, 3.63) is 66.4 Å². The molecule has 0 spiro atoms. The number of aliphatic imine (C=N–C) groups is 1. The predicted molar refractivity (Wildman–Crippen MR) is 124 cm³/mol. The molecule has 6 heteroatoms. The van der Waals surface area contributed by atoms with E-state index in [1.807, 2.05) is 18.5 Å². The van der Waals surface area contributed by atoms with Crippen LogP contribution in [-0.4, -0.2) is 47.4 Å². The number of amidine groups is 1. The van der Waals surface area contributed by atoms with Crippen molar-refractivity contribution in [3.8, 4) is 0 Å². The molecule has 5 rings (SSSR count). The summed E-state index contributed by atoms with van der Waals surface area (Å²) < 4.78 is 6.12. The summed E-state index contributed by atoms with van der Waals surface area (Å²) in [7, 11) is 2.20. The van der Waals surface area contributed by atoms with Gasteiger partial charge in [-0.1, -0.05) is 30.4 Å². The van der Waals surface area contributed by atoms with Crippen LogP contribution in [0.4, 0.5) is 5.95 Å². The molecule has 0 saturated heterocycles. The Labute approximate surface area is 184 Å². The molecule has 1 saturated carbocycles. The van der Waals surface area contributed by atoms with Crippen molar-refractivity contribution in [1.82, 2.24) is 14.9 Å². The van der Waals surface area contributed by atoms with E-state index in [0.717, 1.165) is 69.1 Å². The summed E-state index contributed by atoms with van der Waals surface area (Å²) in [6.07, 6.45) is 22.2. The third-order valence-corrected chi connectivity index (χ3v) is 6.59. The second-order valence-electron chi connectivity index (χ2n) is 9.05. The number of ether oxygens (including phenoxy) is 1. The highest BCUT2D eigenvalue weighted by Gasteiger charge is 2.56. The van der Waals surface area contributed by atoms with E-state index in [4.69, 9.17) is 9.72 Å². The van der Waals surface area contributed by atoms with E-state index in [2.05, 4.69) is 63.7 Å². The lowest BCUT2D eigenvalue weighted by atomic mass is 10.0. The fourth-order valence-electron chi connectivity index (χ4n) is 4.81. The number of aromatic nitrogens is 2. The van der Waals surface area contributed by atoms with Crippen molar-refractivity contribution in [2.45, 2.75) is 38.0 Å². The Balaban J connectivity index is 1.40. The van der Waals surface area contributed by atoms with Gasteiger partial charge in [0.15, 0.2) is 0 Å². The molecule has 1 N–H and O–H groups in total. The molecule has 0 amide bonds. The predicted octanol–water partition coefficient (Wildman–Crippen LogP) is 4.44. The third-order valence-electron chi connectivity index (χ3n) is 6.59. The first kappa shape index (κ1) is 20.2. The number of allylic oxidation sites excluding steroid dienone is 5. The fourth-order valence-corrected chi connectivity index (χ4v) is 4.81. The SMILES string of the molecule is CN1C/C=C/CCCOC2=CCC=CC(C2)c2ccnc(n2)NC2=NC=CC3(CC23)C1. The molecule has 0 aromatic carbocycles. The van der Waals surface area contributed by atoms with Crippen LogP contribution in [0.3, 0.4) is 0 Å². The van der Waals surface area contributed by atoms with Gasteiger partial charge in [-0.15, -0.1) is 0 Å². The van der Waals surface area contributed by atoms with Crippen LogP contribution >= 0.6 is 0 Å². The first-order chi connectivity index (χ1) is 15.2. The quantitative estimate of drug-likeness (QED) is 0.633. The normalized spacial score (nSPS) is 31.9. The van der Waals surface area contributed by atoms with Gasteiger partial charge in [-0.05, 0) is 44.9 Å². The minimum atomic E-state index is 0.185. The van der Waals surface area contributed by atoms with Crippen LogP contribution in [0, 0.1) is 11.3 Å². The summed E-state index contributed by atoms with van der Waals surface area (Å²) in [6, 6.07) is 2.01. The Morgan fingerprint density at radius 3 is 3.19 bits per heavy atom. The number of rotatable bonds is 0. The highest BCUT2D eigenvalue weighted by Crippen LogP contribution is 2.56. The van der Waals surface area contributed by atoms with E-state index < -0.39 is 0 Å². The highest BCUT2D eigenvalue weighted by atomic mass is 16.5. The second-order valence-corrected chi connectivity index (χ2v) is 9.05. The van der Waals surface area contributed by atoms with E-state index in [1.54, 1.807) is 0 Å². The van der Waals surface area contributed by atoms with Gasteiger partial charge in [0.2, 0.25) is 5.95 Å². The van der Waals surface area contributed by atoms with Crippen LogP contribution in [-0.2, 0) is 4.74 Å². The van der Waals surface area contributed by atoms with Crippen LogP contribution in [0.15, 0.2) is 65.7 Å². The maximum atomic E-state index is 6.12. The molecule has 1 fully saturated rings. The van der Waals surface area contributed by atoms with Gasteiger partial charge >= 0.3 is 0 Å². The molecule has 6 nitrogen and oxygen atoms in total. The summed E-state index contributed by atoms with van der Waals surface area (Å²) in [4.78, 5) is 16.4. The Morgan fingerprint density at radius 2 is 2.23 bits per heavy atom. The molecule has 2 aliphatic heterocycles.